The molecular weight excluding hydrogens is 543 g/mol. The van der Waals surface area contributed by atoms with Crippen molar-refractivity contribution >= 4 is 29.4 Å². The van der Waals surface area contributed by atoms with Crippen LogP contribution in [0.4, 0.5) is 15.0 Å². The molecule has 12 heteroatoms. The Morgan fingerprint density at radius 1 is 1.20 bits per heavy atom. The predicted molar refractivity (Wildman–Crippen MR) is 147 cm³/mol. The Morgan fingerprint density at radius 2 is 1.95 bits per heavy atom. The van der Waals surface area contributed by atoms with E-state index in [0.29, 0.717) is 13.0 Å². The average molecular weight is 577 g/mol. The van der Waals surface area contributed by atoms with Crippen molar-refractivity contribution in [1.82, 2.24) is 14.8 Å². The number of phenols is 1. The molecule has 2 amide bonds. The van der Waals surface area contributed by atoms with E-state index in [1.54, 1.807) is 37.7 Å². The van der Waals surface area contributed by atoms with Gasteiger partial charge < -0.3 is 34.0 Å². The molecule has 3 atom stereocenters. The lowest BCUT2D eigenvalue weighted by molar-refractivity contribution is 0.000954. The minimum atomic E-state index is -0.713. The number of phenolic OH excluding ortho intramolecular Hbond substituents is 1. The fraction of sp³-hybridized carbons (Fsp3) is 0.536. The van der Waals surface area contributed by atoms with Crippen LogP contribution in [0.3, 0.4) is 0 Å². The van der Waals surface area contributed by atoms with E-state index in [4.69, 9.17) is 30.8 Å². The quantitative estimate of drug-likeness (QED) is 0.576. The summed E-state index contributed by atoms with van der Waals surface area (Å²) >= 11 is 6.80. The number of carbonyl (C=O) groups excluding carboxylic acids is 2. The van der Waals surface area contributed by atoms with Gasteiger partial charge in [0.05, 0.1) is 23.8 Å². The molecule has 1 N–H and O–H groups in total. The standard InChI is InChI=1S/C28H34ClFN4O6/c1-15-19(38-5)9-10-33(15)25-21-24(22(29)23(31-25)20-17(30)7-6-8-18(20)35)39-14-16-13-32(11-12-34(16)26(21)36)27(37)40-28(2,3)4/h6-8,15-16,19,35H,9-14H2,1-5H3/t15-,16+,19-/m0/s1. The molecule has 10 nitrogen and oxygen atoms in total. The van der Waals surface area contributed by atoms with Crippen LogP contribution in [0, 0.1) is 5.82 Å². The Balaban J connectivity index is 1.59. The molecule has 2 aromatic rings. The predicted octanol–water partition coefficient (Wildman–Crippen LogP) is 4.31. The lowest BCUT2D eigenvalue weighted by atomic mass is 10.0. The molecule has 4 heterocycles. The topological polar surface area (TPSA) is 105 Å². The number of methoxy groups -OCH3 is 1. The van der Waals surface area contributed by atoms with Crippen LogP contribution in [0.25, 0.3) is 11.3 Å². The first-order valence-electron chi connectivity index (χ1n) is 13.3. The van der Waals surface area contributed by atoms with Crippen molar-refractivity contribution in [3.05, 3.63) is 34.6 Å². The van der Waals surface area contributed by atoms with E-state index in [-0.39, 0.29) is 83.5 Å². The molecule has 3 aliphatic rings. The molecule has 0 spiro atoms. The molecule has 1 aromatic carbocycles. The Labute approximate surface area is 237 Å². The smallest absolute Gasteiger partial charge is 0.410 e. The van der Waals surface area contributed by atoms with Gasteiger partial charge in [0.2, 0.25) is 0 Å². The van der Waals surface area contributed by atoms with Crippen LogP contribution in [0.5, 0.6) is 11.5 Å². The summed E-state index contributed by atoms with van der Waals surface area (Å²) in [6.45, 7) is 8.69. The second kappa shape index (κ2) is 10.6. The van der Waals surface area contributed by atoms with E-state index in [9.17, 15) is 14.7 Å². The maximum Gasteiger partial charge on any atom is 0.410 e. The monoisotopic (exact) mass is 576 g/mol. The molecule has 216 valence electrons. The molecule has 2 saturated heterocycles. The Hall–Kier alpha value is -3.31. The highest BCUT2D eigenvalue weighted by molar-refractivity contribution is 6.35. The summed E-state index contributed by atoms with van der Waals surface area (Å²) in [7, 11) is 1.63. The van der Waals surface area contributed by atoms with Crippen LogP contribution in [-0.4, -0.2) is 95.6 Å². The van der Waals surface area contributed by atoms with Gasteiger partial charge in [-0.15, -0.1) is 0 Å². The lowest BCUT2D eigenvalue weighted by Gasteiger charge is -2.40. The van der Waals surface area contributed by atoms with E-state index in [0.717, 1.165) is 0 Å². The van der Waals surface area contributed by atoms with Gasteiger partial charge in [0, 0.05) is 33.3 Å². The van der Waals surface area contributed by atoms with Crippen molar-refractivity contribution in [3.63, 3.8) is 0 Å². The van der Waals surface area contributed by atoms with Crippen molar-refractivity contribution in [2.24, 2.45) is 0 Å². The highest BCUT2D eigenvalue weighted by atomic mass is 35.5. The average Bonchev–Trinajstić information content (AvgIpc) is 3.19. The number of hydrogen-bond acceptors (Lipinski definition) is 8. The highest BCUT2D eigenvalue weighted by Crippen LogP contribution is 2.47. The molecule has 3 aliphatic heterocycles. The summed E-state index contributed by atoms with van der Waals surface area (Å²) in [6, 6.07) is 3.31. The lowest BCUT2D eigenvalue weighted by Crippen LogP contribution is -2.58. The minimum Gasteiger partial charge on any atom is -0.507 e. The fourth-order valence-corrected chi connectivity index (χ4v) is 5.87. The van der Waals surface area contributed by atoms with E-state index < -0.39 is 23.6 Å². The molecule has 0 radical (unpaired) electrons. The zero-order chi connectivity index (χ0) is 28.9. The second-order valence-corrected chi connectivity index (χ2v) is 11.7. The molecule has 1 aromatic heterocycles. The number of aromatic nitrogens is 1. The van der Waals surface area contributed by atoms with Gasteiger partial charge >= 0.3 is 6.09 Å². The molecule has 0 saturated carbocycles. The van der Waals surface area contributed by atoms with Crippen molar-refractivity contribution in [2.75, 3.05) is 44.8 Å². The minimum absolute atomic E-state index is 0.0258. The van der Waals surface area contributed by atoms with Gasteiger partial charge in [0.15, 0.2) is 5.75 Å². The number of amides is 2. The number of rotatable bonds is 3. The van der Waals surface area contributed by atoms with E-state index >= 15 is 4.39 Å². The van der Waals surface area contributed by atoms with Crippen LogP contribution in [0.2, 0.25) is 5.02 Å². The summed E-state index contributed by atoms with van der Waals surface area (Å²) in [5, 5.41) is 10.5. The van der Waals surface area contributed by atoms with Crippen molar-refractivity contribution in [2.45, 2.75) is 57.9 Å². The van der Waals surface area contributed by atoms with E-state index in [1.807, 2.05) is 11.8 Å². The third-order valence-corrected chi connectivity index (χ3v) is 7.94. The number of pyridine rings is 1. The normalized spacial score (nSPS) is 22.9. The van der Waals surface area contributed by atoms with Crippen molar-refractivity contribution < 1.29 is 33.3 Å². The van der Waals surface area contributed by atoms with Gasteiger partial charge in [-0.25, -0.2) is 14.2 Å². The van der Waals surface area contributed by atoms with Gasteiger partial charge in [0.25, 0.3) is 5.91 Å². The Morgan fingerprint density at radius 3 is 2.60 bits per heavy atom. The molecule has 2 fully saturated rings. The zero-order valence-electron chi connectivity index (χ0n) is 23.2. The highest BCUT2D eigenvalue weighted by Gasteiger charge is 2.43. The van der Waals surface area contributed by atoms with Crippen LogP contribution in [0.15, 0.2) is 18.2 Å². The first kappa shape index (κ1) is 28.2. The number of halogens is 2. The molecule has 0 unspecified atom stereocenters. The number of anilines is 1. The van der Waals surface area contributed by atoms with Crippen LogP contribution < -0.4 is 9.64 Å². The summed E-state index contributed by atoms with van der Waals surface area (Å²) in [5.41, 5.74) is -0.695. The van der Waals surface area contributed by atoms with E-state index in [1.165, 1.54) is 18.2 Å². The van der Waals surface area contributed by atoms with Gasteiger partial charge in [-0.05, 0) is 46.2 Å². The number of nitrogens with zero attached hydrogens (tertiary/aromatic N) is 4. The third-order valence-electron chi connectivity index (χ3n) is 7.59. The van der Waals surface area contributed by atoms with Crippen LogP contribution in [0.1, 0.15) is 44.5 Å². The Kier molecular flexibility index (Phi) is 7.47. The number of fused-ring (bicyclic) bond motifs is 2. The number of aromatic hydroxyl groups is 1. The molecule has 40 heavy (non-hydrogen) atoms. The summed E-state index contributed by atoms with van der Waals surface area (Å²) in [5.74, 6) is -1.04. The summed E-state index contributed by atoms with van der Waals surface area (Å²) < 4.78 is 32.4. The number of piperazine rings is 1. The van der Waals surface area contributed by atoms with Crippen molar-refractivity contribution in [1.29, 1.82) is 0 Å². The van der Waals surface area contributed by atoms with Crippen LogP contribution >= 0.6 is 11.6 Å². The number of carbonyl (C=O) groups is 2. The SMILES string of the molecule is CO[C@H]1CCN(c2nc(-c3c(O)cccc3F)c(Cl)c3c2C(=O)N2CCN(C(=O)OC(C)(C)C)C[C@@H]2CO3)[C@H]1C. The zero-order valence-corrected chi connectivity index (χ0v) is 24.0. The van der Waals surface area contributed by atoms with Gasteiger partial charge in [0.1, 0.15) is 45.9 Å². The van der Waals surface area contributed by atoms with E-state index in [2.05, 4.69) is 0 Å². The summed E-state index contributed by atoms with van der Waals surface area (Å²) in [6.07, 6.45) is 0.129. The maximum atomic E-state index is 15.0. The molecular formula is C28H34ClFN4O6. The van der Waals surface area contributed by atoms with Gasteiger partial charge in [-0.3, -0.25) is 4.79 Å². The number of hydrogen-bond donors (Lipinski definition) is 1. The maximum absolute atomic E-state index is 15.0. The third kappa shape index (κ3) is 5.01. The molecule has 5 rings (SSSR count). The first-order chi connectivity index (χ1) is 18.9. The van der Waals surface area contributed by atoms with Gasteiger partial charge in [-0.1, -0.05) is 17.7 Å². The molecule has 0 aliphatic carbocycles. The largest absolute Gasteiger partial charge is 0.507 e. The number of benzene rings is 1. The summed E-state index contributed by atoms with van der Waals surface area (Å²) in [4.78, 5) is 36.8. The molecule has 0 bridgehead atoms. The fourth-order valence-electron chi connectivity index (χ4n) is 5.58. The number of ether oxygens (including phenoxy) is 3. The second-order valence-electron chi connectivity index (χ2n) is 11.3. The van der Waals surface area contributed by atoms with Gasteiger partial charge in [-0.2, -0.15) is 0 Å². The Bertz CT molecular complexity index is 1310. The van der Waals surface area contributed by atoms with Crippen molar-refractivity contribution in [3.8, 4) is 22.8 Å². The van der Waals surface area contributed by atoms with Crippen LogP contribution in [-0.2, 0) is 9.47 Å². The first-order valence-corrected chi connectivity index (χ1v) is 13.7.